The topological polar surface area (TPSA) is 30.7 Å². The van der Waals surface area contributed by atoms with E-state index in [1.807, 2.05) is 10.7 Å². The number of nitrogens with zero attached hydrogens (tertiary/aromatic N) is 3. The molecular formula is C18H19N3Se. The van der Waals surface area contributed by atoms with Crippen LogP contribution in [0, 0.1) is 0 Å². The van der Waals surface area contributed by atoms with E-state index in [-0.39, 0.29) is 0 Å². The molecule has 3 rings (SSSR count). The van der Waals surface area contributed by atoms with Crippen molar-refractivity contribution in [2.45, 2.75) is 24.7 Å². The zero-order valence-electron chi connectivity index (χ0n) is 12.4. The Labute approximate surface area is 137 Å². The van der Waals surface area contributed by atoms with Gasteiger partial charge in [0, 0.05) is 0 Å². The van der Waals surface area contributed by atoms with Crippen LogP contribution in [0.15, 0.2) is 66.9 Å². The predicted molar refractivity (Wildman–Crippen MR) is 90.5 cm³/mol. The molecule has 3 aromatic rings. The first-order chi connectivity index (χ1) is 10.9. The number of aromatic nitrogens is 3. The summed E-state index contributed by atoms with van der Waals surface area (Å²) in [5, 5.41) is 9.75. The van der Waals surface area contributed by atoms with Crippen molar-refractivity contribution in [1.29, 1.82) is 0 Å². The van der Waals surface area contributed by atoms with E-state index >= 15 is 0 Å². The van der Waals surface area contributed by atoms with E-state index in [4.69, 9.17) is 0 Å². The van der Waals surface area contributed by atoms with E-state index in [1.165, 1.54) is 21.8 Å². The van der Waals surface area contributed by atoms with Gasteiger partial charge in [0.1, 0.15) is 0 Å². The Morgan fingerprint density at radius 1 is 0.909 bits per heavy atom. The van der Waals surface area contributed by atoms with Crippen molar-refractivity contribution in [3.8, 4) is 0 Å². The van der Waals surface area contributed by atoms with Gasteiger partial charge in [0.2, 0.25) is 0 Å². The van der Waals surface area contributed by atoms with E-state index in [2.05, 4.69) is 71.1 Å². The molecule has 0 saturated carbocycles. The molecule has 0 aliphatic heterocycles. The number of rotatable bonds is 7. The van der Waals surface area contributed by atoms with Crippen LogP contribution in [0.3, 0.4) is 0 Å². The summed E-state index contributed by atoms with van der Waals surface area (Å²) in [6.45, 7) is 0.793. The van der Waals surface area contributed by atoms with Gasteiger partial charge in [-0.2, -0.15) is 0 Å². The summed E-state index contributed by atoms with van der Waals surface area (Å²) in [6.07, 6.45) is 4.27. The minimum absolute atomic E-state index is 0.571. The summed E-state index contributed by atoms with van der Waals surface area (Å²) in [6, 6.07) is 21.1. The number of aryl methyl sites for hydroxylation is 1. The van der Waals surface area contributed by atoms with Crippen molar-refractivity contribution < 1.29 is 0 Å². The SMILES string of the molecule is c1ccc(Cn2cc(CCC[Se]c3ccccc3)nn2)cc1. The molecule has 0 spiro atoms. The van der Waals surface area contributed by atoms with Crippen LogP contribution < -0.4 is 4.46 Å². The normalized spacial score (nSPS) is 10.7. The molecule has 22 heavy (non-hydrogen) atoms. The summed E-state index contributed by atoms with van der Waals surface area (Å²) in [5.41, 5.74) is 2.35. The Morgan fingerprint density at radius 3 is 2.41 bits per heavy atom. The molecule has 0 fully saturated rings. The summed E-state index contributed by atoms with van der Waals surface area (Å²) in [4.78, 5) is 0. The number of hydrogen-bond acceptors (Lipinski definition) is 2. The first-order valence-corrected chi connectivity index (χ1v) is 9.58. The van der Waals surface area contributed by atoms with Crippen LogP contribution in [0.2, 0.25) is 5.32 Å². The molecule has 0 amide bonds. The van der Waals surface area contributed by atoms with Crippen molar-refractivity contribution in [3.63, 3.8) is 0 Å². The van der Waals surface area contributed by atoms with Crippen LogP contribution in [0.1, 0.15) is 17.7 Å². The van der Waals surface area contributed by atoms with Gasteiger partial charge >= 0.3 is 137 Å². The predicted octanol–water partition coefficient (Wildman–Crippen LogP) is 2.71. The summed E-state index contributed by atoms with van der Waals surface area (Å²) in [7, 11) is 0. The molecule has 0 aliphatic carbocycles. The minimum atomic E-state index is 0.571. The first kappa shape index (κ1) is 15.0. The summed E-state index contributed by atoms with van der Waals surface area (Å²) < 4.78 is 3.40. The molecule has 0 atom stereocenters. The second kappa shape index (κ2) is 7.92. The monoisotopic (exact) mass is 357 g/mol. The average Bonchev–Trinajstić information content (AvgIpc) is 3.01. The second-order valence-corrected chi connectivity index (χ2v) is 7.61. The molecule has 0 aliphatic rings. The van der Waals surface area contributed by atoms with Crippen molar-refractivity contribution in [2.24, 2.45) is 0 Å². The van der Waals surface area contributed by atoms with Crippen LogP contribution in [0.4, 0.5) is 0 Å². The third kappa shape index (κ3) is 4.55. The Kier molecular flexibility index (Phi) is 5.41. The van der Waals surface area contributed by atoms with Crippen molar-refractivity contribution in [1.82, 2.24) is 15.0 Å². The molecule has 0 unspecified atom stereocenters. The second-order valence-electron chi connectivity index (χ2n) is 5.16. The van der Waals surface area contributed by atoms with Gasteiger partial charge < -0.3 is 0 Å². The molecular weight excluding hydrogens is 337 g/mol. The fourth-order valence-corrected chi connectivity index (χ4v) is 4.09. The van der Waals surface area contributed by atoms with E-state index in [1.54, 1.807) is 0 Å². The number of hydrogen-bond donors (Lipinski definition) is 0. The van der Waals surface area contributed by atoms with Gasteiger partial charge in [-0.15, -0.1) is 0 Å². The van der Waals surface area contributed by atoms with Crippen LogP contribution in [0.5, 0.6) is 0 Å². The van der Waals surface area contributed by atoms with Crippen molar-refractivity contribution in [2.75, 3.05) is 0 Å². The van der Waals surface area contributed by atoms with Crippen LogP contribution >= 0.6 is 0 Å². The van der Waals surface area contributed by atoms with Gasteiger partial charge in [0.15, 0.2) is 0 Å². The molecule has 0 radical (unpaired) electrons. The molecule has 0 bridgehead atoms. The molecule has 2 aromatic carbocycles. The summed E-state index contributed by atoms with van der Waals surface area (Å²) >= 11 is 0.571. The van der Waals surface area contributed by atoms with Crippen molar-refractivity contribution in [3.05, 3.63) is 78.1 Å². The van der Waals surface area contributed by atoms with Gasteiger partial charge in [0.05, 0.1) is 0 Å². The van der Waals surface area contributed by atoms with Gasteiger partial charge in [-0.1, -0.05) is 0 Å². The molecule has 112 valence electrons. The average molecular weight is 356 g/mol. The van der Waals surface area contributed by atoms with Gasteiger partial charge in [0.25, 0.3) is 0 Å². The van der Waals surface area contributed by atoms with Gasteiger partial charge in [-0.3, -0.25) is 0 Å². The van der Waals surface area contributed by atoms with Crippen LogP contribution in [-0.4, -0.2) is 30.0 Å². The zero-order valence-corrected chi connectivity index (χ0v) is 14.1. The zero-order chi connectivity index (χ0) is 15.0. The van der Waals surface area contributed by atoms with E-state index in [0.717, 1.165) is 18.7 Å². The quantitative estimate of drug-likeness (QED) is 0.481. The molecule has 0 saturated heterocycles. The molecule has 3 nitrogen and oxygen atoms in total. The van der Waals surface area contributed by atoms with E-state index < -0.39 is 0 Å². The van der Waals surface area contributed by atoms with E-state index in [0.29, 0.717) is 15.0 Å². The standard InChI is InChI=1S/C18H19N3Se/c1-3-8-16(9-4-1)14-21-15-17(19-20-21)10-7-13-22-18-11-5-2-6-12-18/h1-6,8-9,11-12,15H,7,10,13-14H2. The third-order valence-corrected chi connectivity index (χ3v) is 5.67. The fraction of sp³-hybridized carbons (Fsp3) is 0.222. The maximum absolute atomic E-state index is 4.28. The maximum atomic E-state index is 4.28. The Hall–Kier alpha value is -1.90. The molecule has 1 heterocycles. The Morgan fingerprint density at radius 2 is 1.64 bits per heavy atom. The van der Waals surface area contributed by atoms with E-state index in [9.17, 15) is 0 Å². The molecule has 1 aromatic heterocycles. The third-order valence-electron chi connectivity index (χ3n) is 3.36. The molecule has 4 heteroatoms. The first-order valence-electron chi connectivity index (χ1n) is 7.51. The van der Waals surface area contributed by atoms with Gasteiger partial charge in [-0.25, -0.2) is 0 Å². The Bertz CT molecular complexity index is 680. The van der Waals surface area contributed by atoms with Gasteiger partial charge in [-0.05, 0) is 0 Å². The Balaban J connectivity index is 1.44. The molecule has 0 N–H and O–H groups in total. The van der Waals surface area contributed by atoms with Crippen LogP contribution in [-0.2, 0) is 13.0 Å². The van der Waals surface area contributed by atoms with Crippen molar-refractivity contribution >= 4 is 19.4 Å². The fourth-order valence-electron chi connectivity index (χ4n) is 2.26. The number of benzene rings is 2. The summed E-state index contributed by atoms with van der Waals surface area (Å²) in [5.74, 6) is 0. The van der Waals surface area contributed by atoms with Crippen LogP contribution in [0.25, 0.3) is 0 Å².